The highest BCUT2D eigenvalue weighted by Crippen LogP contribution is 2.17. The molecule has 0 saturated carbocycles. The largest absolute Gasteiger partial charge is 0.352 e. The van der Waals surface area contributed by atoms with E-state index in [4.69, 9.17) is 0 Å². The van der Waals surface area contributed by atoms with E-state index < -0.39 is 0 Å². The first kappa shape index (κ1) is 20.9. The summed E-state index contributed by atoms with van der Waals surface area (Å²) in [6, 6.07) is 24.6. The van der Waals surface area contributed by atoms with Crippen LogP contribution in [0.25, 0.3) is 16.6 Å². The van der Waals surface area contributed by atoms with Crippen LogP contribution in [0.5, 0.6) is 0 Å². The minimum atomic E-state index is -0.115. The molecule has 0 aliphatic carbocycles. The second kappa shape index (κ2) is 9.62. The fourth-order valence-corrected chi connectivity index (χ4v) is 4.27. The van der Waals surface area contributed by atoms with Crippen LogP contribution in [0.15, 0.2) is 88.6 Å². The number of aryl methyl sites for hydroxylation is 1. The summed E-state index contributed by atoms with van der Waals surface area (Å²) in [4.78, 5) is 31.1. The third-order valence-corrected chi connectivity index (χ3v) is 6.05. The van der Waals surface area contributed by atoms with Crippen molar-refractivity contribution in [3.8, 4) is 5.69 Å². The van der Waals surface area contributed by atoms with Gasteiger partial charge in [-0.3, -0.25) is 14.2 Å². The van der Waals surface area contributed by atoms with Crippen LogP contribution >= 0.6 is 11.8 Å². The van der Waals surface area contributed by atoms with Crippen molar-refractivity contribution in [3.05, 3.63) is 101 Å². The van der Waals surface area contributed by atoms with Crippen LogP contribution in [0.3, 0.4) is 0 Å². The summed E-state index contributed by atoms with van der Waals surface area (Å²) in [5.41, 5.74) is 1.83. The molecule has 6 heteroatoms. The predicted molar refractivity (Wildman–Crippen MR) is 126 cm³/mol. The molecule has 1 N–H and O–H groups in total. The number of thioether (sulfide) groups is 1. The summed E-state index contributed by atoms with van der Waals surface area (Å²) in [6.07, 6.45) is 0.890. The average molecular weight is 430 g/mol. The number of amides is 1. The van der Waals surface area contributed by atoms with Gasteiger partial charge >= 0.3 is 0 Å². The van der Waals surface area contributed by atoms with E-state index in [0.29, 0.717) is 34.5 Å². The fraction of sp³-hybridized carbons (Fsp3) is 0.160. The number of aromatic nitrogens is 2. The van der Waals surface area contributed by atoms with Crippen LogP contribution in [-0.4, -0.2) is 27.8 Å². The molecule has 1 aromatic heterocycles. The SMILES string of the molecule is Cc1nc2ccccc2c(=O)n1-c1ccc(C(=O)NCCCSc2ccccc2)cc1. The molecule has 31 heavy (non-hydrogen) atoms. The van der Waals surface area contributed by atoms with Crippen LogP contribution in [0, 0.1) is 6.92 Å². The lowest BCUT2D eigenvalue weighted by atomic mass is 10.1. The number of fused-ring (bicyclic) bond motifs is 1. The molecule has 0 aliphatic rings. The van der Waals surface area contributed by atoms with Gasteiger partial charge in [0, 0.05) is 17.0 Å². The van der Waals surface area contributed by atoms with Crippen molar-refractivity contribution in [2.24, 2.45) is 0 Å². The second-order valence-electron chi connectivity index (χ2n) is 7.13. The molecule has 1 heterocycles. The maximum absolute atomic E-state index is 12.9. The number of carbonyl (C=O) groups excluding carboxylic acids is 1. The Hall–Kier alpha value is -3.38. The van der Waals surface area contributed by atoms with Gasteiger partial charge in [-0.25, -0.2) is 4.98 Å². The zero-order valence-electron chi connectivity index (χ0n) is 17.2. The first-order valence-electron chi connectivity index (χ1n) is 10.2. The van der Waals surface area contributed by atoms with Crippen LogP contribution < -0.4 is 10.9 Å². The third-order valence-electron chi connectivity index (χ3n) is 4.95. The van der Waals surface area contributed by atoms with Crippen molar-refractivity contribution in [2.45, 2.75) is 18.2 Å². The molecule has 0 unspecified atom stereocenters. The molecule has 0 aliphatic heterocycles. The molecule has 0 radical (unpaired) electrons. The number of hydrogen-bond acceptors (Lipinski definition) is 4. The monoisotopic (exact) mass is 429 g/mol. The number of carbonyl (C=O) groups is 1. The lowest BCUT2D eigenvalue weighted by Gasteiger charge is -2.11. The topological polar surface area (TPSA) is 64.0 Å². The Balaban J connectivity index is 1.38. The van der Waals surface area contributed by atoms with E-state index in [-0.39, 0.29) is 11.5 Å². The zero-order valence-corrected chi connectivity index (χ0v) is 18.1. The average Bonchev–Trinajstić information content (AvgIpc) is 2.80. The van der Waals surface area contributed by atoms with Crippen molar-refractivity contribution in [2.75, 3.05) is 12.3 Å². The molecule has 0 spiro atoms. The minimum absolute atomic E-state index is 0.114. The number of rotatable bonds is 7. The molecular weight excluding hydrogens is 406 g/mol. The molecule has 0 fully saturated rings. The van der Waals surface area contributed by atoms with E-state index >= 15 is 0 Å². The summed E-state index contributed by atoms with van der Waals surface area (Å²) in [6.45, 7) is 2.43. The van der Waals surface area contributed by atoms with Gasteiger partial charge in [-0.05, 0) is 67.6 Å². The summed E-state index contributed by atoms with van der Waals surface area (Å²) >= 11 is 1.78. The Kier molecular flexibility index (Phi) is 6.48. The number of hydrogen-bond donors (Lipinski definition) is 1. The van der Waals surface area contributed by atoms with Gasteiger partial charge in [-0.2, -0.15) is 0 Å². The Morgan fingerprint density at radius 2 is 1.68 bits per heavy atom. The van der Waals surface area contributed by atoms with Crippen molar-refractivity contribution in [3.63, 3.8) is 0 Å². The van der Waals surface area contributed by atoms with Gasteiger partial charge in [0.15, 0.2) is 0 Å². The minimum Gasteiger partial charge on any atom is -0.352 e. The lowest BCUT2D eigenvalue weighted by molar-refractivity contribution is 0.0954. The maximum Gasteiger partial charge on any atom is 0.265 e. The first-order chi connectivity index (χ1) is 15.1. The molecular formula is C25H23N3O2S. The summed E-state index contributed by atoms with van der Waals surface area (Å²) in [5, 5.41) is 3.53. The van der Waals surface area contributed by atoms with Crippen molar-refractivity contribution in [1.29, 1.82) is 0 Å². The van der Waals surface area contributed by atoms with Crippen LogP contribution in [0.4, 0.5) is 0 Å². The lowest BCUT2D eigenvalue weighted by Crippen LogP contribution is -2.25. The van der Waals surface area contributed by atoms with Crippen molar-refractivity contribution < 1.29 is 4.79 Å². The third kappa shape index (κ3) is 4.86. The van der Waals surface area contributed by atoms with E-state index in [1.165, 1.54) is 4.90 Å². The molecule has 4 rings (SSSR count). The Morgan fingerprint density at radius 3 is 2.45 bits per heavy atom. The molecule has 0 atom stereocenters. The molecule has 0 saturated heterocycles. The molecule has 4 aromatic rings. The number of nitrogens with one attached hydrogen (secondary N) is 1. The summed E-state index contributed by atoms with van der Waals surface area (Å²) < 4.78 is 1.57. The van der Waals surface area contributed by atoms with Gasteiger partial charge in [0.1, 0.15) is 5.82 Å². The number of para-hydroxylation sites is 1. The molecule has 156 valence electrons. The highest BCUT2D eigenvalue weighted by Gasteiger charge is 2.11. The molecule has 0 bridgehead atoms. The van der Waals surface area contributed by atoms with E-state index in [0.717, 1.165) is 12.2 Å². The van der Waals surface area contributed by atoms with Crippen molar-refractivity contribution in [1.82, 2.24) is 14.9 Å². The Morgan fingerprint density at radius 1 is 0.968 bits per heavy atom. The highest BCUT2D eigenvalue weighted by molar-refractivity contribution is 7.99. The van der Waals surface area contributed by atoms with Gasteiger partial charge in [0.2, 0.25) is 0 Å². The predicted octanol–water partition coefficient (Wildman–Crippen LogP) is 4.61. The molecule has 5 nitrogen and oxygen atoms in total. The maximum atomic E-state index is 12.9. The normalized spacial score (nSPS) is 10.9. The number of nitrogens with zero attached hydrogens (tertiary/aromatic N) is 2. The van der Waals surface area contributed by atoms with Gasteiger partial charge < -0.3 is 5.32 Å². The van der Waals surface area contributed by atoms with E-state index in [1.807, 2.05) is 43.3 Å². The fourth-order valence-electron chi connectivity index (χ4n) is 3.39. The first-order valence-corrected chi connectivity index (χ1v) is 11.2. The summed E-state index contributed by atoms with van der Waals surface area (Å²) in [7, 11) is 0. The van der Waals surface area contributed by atoms with Crippen LogP contribution in [0.1, 0.15) is 22.6 Å². The second-order valence-corrected chi connectivity index (χ2v) is 8.30. The quantitative estimate of drug-likeness (QED) is 0.344. The van der Waals surface area contributed by atoms with E-state index in [9.17, 15) is 9.59 Å². The Bertz CT molecular complexity index is 1250. The summed E-state index contributed by atoms with van der Waals surface area (Å²) in [5.74, 6) is 1.44. The molecule has 3 aromatic carbocycles. The van der Waals surface area contributed by atoms with Gasteiger partial charge in [-0.1, -0.05) is 30.3 Å². The van der Waals surface area contributed by atoms with Crippen molar-refractivity contribution >= 4 is 28.6 Å². The standard InChI is InChI=1S/C25H23N3O2S/c1-18-27-23-11-6-5-10-22(23)25(30)28(18)20-14-12-19(13-15-20)24(29)26-16-7-17-31-21-8-3-2-4-9-21/h2-6,8-15H,7,16-17H2,1H3,(H,26,29). The molecule has 1 amide bonds. The smallest absolute Gasteiger partial charge is 0.265 e. The van der Waals surface area contributed by atoms with E-state index in [2.05, 4.69) is 22.4 Å². The highest BCUT2D eigenvalue weighted by atomic mass is 32.2. The zero-order chi connectivity index (χ0) is 21.6. The number of benzene rings is 3. The van der Waals surface area contributed by atoms with E-state index in [1.54, 1.807) is 46.7 Å². The van der Waals surface area contributed by atoms with Crippen LogP contribution in [-0.2, 0) is 0 Å². The van der Waals surface area contributed by atoms with Gasteiger partial charge in [0.25, 0.3) is 11.5 Å². The van der Waals surface area contributed by atoms with Gasteiger partial charge in [-0.15, -0.1) is 11.8 Å². The van der Waals surface area contributed by atoms with Gasteiger partial charge in [0.05, 0.1) is 16.6 Å². The van der Waals surface area contributed by atoms with Crippen LogP contribution in [0.2, 0.25) is 0 Å². The Labute approximate surface area is 185 Å².